The van der Waals surface area contributed by atoms with Gasteiger partial charge in [-0.05, 0) is 31.2 Å². The molecule has 0 unspecified atom stereocenters. The van der Waals surface area contributed by atoms with Crippen LogP contribution in [0.25, 0.3) is 0 Å². The fourth-order valence-electron chi connectivity index (χ4n) is 1.15. The molecule has 0 fully saturated rings. The molecular formula is C11H18N4O. The summed E-state index contributed by atoms with van der Waals surface area (Å²) >= 11 is 0. The molecule has 2 N–H and O–H groups in total. The molecule has 0 amide bonds. The summed E-state index contributed by atoms with van der Waals surface area (Å²) in [6, 6.07) is 7.62. The van der Waals surface area contributed by atoms with Crippen LogP contribution in [0.3, 0.4) is 0 Å². The van der Waals surface area contributed by atoms with E-state index in [9.17, 15) is 0 Å². The van der Waals surface area contributed by atoms with Crippen LogP contribution >= 0.6 is 0 Å². The van der Waals surface area contributed by atoms with Gasteiger partial charge < -0.3 is 4.74 Å². The SMILES string of the molecule is CCOc1ccc(N=CN(NC)NC)cc1. The van der Waals surface area contributed by atoms with Gasteiger partial charge in [0.05, 0.1) is 12.3 Å². The van der Waals surface area contributed by atoms with Gasteiger partial charge in [-0.3, -0.25) is 0 Å². The molecule has 88 valence electrons. The summed E-state index contributed by atoms with van der Waals surface area (Å²) in [6.45, 7) is 2.64. The maximum Gasteiger partial charge on any atom is 0.123 e. The summed E-state index contributed by atoms with van der Waals surface area (Å²) in [5.41, 5.74) is 6.68. The molecule has 5 heteroatoms. The zero-order valence-electron chi connectivity index (χ0n) is 9.90. The Morgan fingerprint density at radius 3 is 2.38 bits per heavy atom. The van der Waals surface area contributed by atoms with E-state index in [-0.39, 0.29) is 0 Å². The number of ether oxygens (including phenoxy) is 1. The Balaban J connectivity index is 2.60. The number of hydrazine groups is 2. The average molecular weight is 222 g/mol. The predicted molar refractivity (Wildman–Crippen MR) is 65.7 cm³/mol. The number of nitrogens with zero attached hydrogens (tertiary/aromatic N) is 2. The smallest absolute Gasteiger partial charge is 0.123 e. The number of benzene rings is 1. The third kappa shape index (κ3) is 3.88. The molecular weight excluding hydrogens is 204 g/mol. The van der Waals surface area contributed by atoms with Gasteiger partial charge in [0.25, 0.3) is 0 Å². The zero-order valence-corrected chi connectivity index (χ0v) is 9.90. The topological polar surface area (TPSA) is 48.9 Å². The lowest BCUT2D eigenvalue weighted by Gasteiger charge is -2.14. The van der Waals surface area contributed by atoms with Gasteiger partial charge in [-0.1, -0.05) is 0 Å². The fraction of sp³-hybridized carbons (Fsp3) is 0.364. The molecule has 0 saturated carbocycles. The van der Waals surface area contributed by atoms with Crippen LogP contribution in [0, 0.1) is 0 Å². The Kier molecular flexibility index (Phi) is 5.31. The second-order valence-corrected chi connectivity index (χ2v) is 2.99. The average Bonchev–Trinajstić information content (AvgIpc) is 2.33. The highest BCUT2D eigenvalue weighted by atomic mass is 16.5. The van der Waals surface area contributed by atoms with Crippen molar-refractivity contribution < 1.29 is 4.74 Å². The van der Waals surface area contributed by atoms with E-state index in [2.05, 4.69) is 15.8 Å². The Morgan fingerprint density at radius 1 is 1.25 bits per heavy atom. The van der Waals surface area contributed by atoms with Crippen LogP contribution in [-0.4, -0.2) is 32.2 Å². The maximum absolute atomic E-state index is 5.34. The molecule has 0 aliphatic heterocycles. The van der Waals surface area contributed by atoms with E-state index in [1.54, 1.807) is 25.6 Å². The van der Waals surface area contributed by atoms with Crippen molar-refractivity contribution in [2.24, 2.45) is 4.99 Å². The fourth-order valence-corrected chi connectivity index (χ4v) is 1.15. The summed E-state index contributed by atoms with van der Waals surface area (Å²) < 4.78 is 5.34. The highest BCUT2D eigenvalue weighted by Crippen LogP contribution is 2.17. The number of rotatable bonds is 6. The lowest BCUT2D eigenvalue weighted by atomic mass is 10.3. The van der Waals surface area contributed by atoms with Crippen molar-refractivity contribution in [3.8, 4) is 5.75 Å². The summed E-state index contributed by atoms with van der Waals surface area (Å²) in [5, 5.41) is 1.65. The molecule has 0 radical (unpaired) electrons. The monoisotopic (exact) mass is 222 g/mol. The minimum atomic E-state index is 0.676. The molecule has 0 bridgehead atoms. The van der Waals surface area contributed by atoms with Crippen LogP contribution in [0.2, 0.25) is 0 Å². The summed E-state index contributed by atoms with van der Waals surface area (Å²) in [7, 11) is 3.61. The van der Waals surface area contributed by atoms with E-state index in [1.807, 2.05) is 31.2 Å². The zero-order chi connectivity index (χ0) is 11.8. The number of hydrogen-bond acceptors (Lipinski definition) is 4. The van der Waals surface area contributed by atoms with Crippen molar-refractivity contribution in [3.63, 3.8) is 0 Å². The standard InChI is InChI=1S/C11H18N4O/c1-4-16-11-7-5-10(6-8-11)14-9-15(12-2)13-3/h5-9,12-13H,4H2,1-3H3. The van der Waals surface area contributed by atoms with Gasteiger partial charge in [-0.25, -0.2) is 21.0 Å². The molecule has 1 aromatic rings. The van der Waals surface area contributed by atoms with Crippen molar-refractivity contribution in [2.45, 2.75) is 6.92 Å². The highest BCUT2D eigenvalue weighted by Gasteiger charge is 1.93. The van der Waals surface area contributed by atoms with Crippen LogP contribution in [0.5, 0.6) is 5.75 Å². The van der Waals surface area contributed by atoms with Crippen LogP contribution in [-0.2, 0) is 0 Å². The first-order valence-electron chi connectivity index (χ1n) is 5.21. The largest absolute Gasteiger partial charge is 0.494 e. The molecule has 0 saturated heterocycles. The van der Waals surface area contributed by atoms with Crippen molar-refractivity contribution >= 4 is 12.0 Å². The van der Waals surface area contributed by atoms with Crippen molar-refractivity contribution in [1.29, 1.82) is 0 Å². The highest BCUT2D eigenvalue weighted by molar-refractivity contribution is 5.60. The molecule has 0 aromatic heterocycles. The van der Waals surface area contributed by atoms with Crippen molar-refractivity contribution in [1.82, 2.24) is 16.0 Å². The van der Waals surface area contributed by atoms with Gasteiger partial charge in [0, 0.05) is 14.1 Å². The molecule has 0 aliphatic rings. The second kappa shape index (κ2) is 6.81. The van der Waals surface area contributed by atoms with Gasteiger partial charge in [0.15, 0.2) is 0 Å². The van der Waals surface area contributed by atoms with E-state index in [4.69, 9.17) is 4.74 Å². The first kappa shape index (κ1) is 12.5. The molecule has 16 heavy (non-hydrogen) atoms. The maximum atomic E-state index is 5.34. The summed E-state index contributed by atoms with van der Waals surface area (Å²) in [4.78, 5) is 4.27. The minimum absolute atomic E-state index is 0.676. The number of nitrogens with one attached hydrogen (secondary N) is 2. The number of hydrogen-bond donors (Lipinski definition) is 2. The molecule has 0 spiro atoms. The van der Waals surface area contributed by atoms with E-state index in [1.165, 1.54) is 0 Å². The van der Waals surface area contributed by atoms with Crippen LogP contribution in [0.1, 0.15) is 6.92 Å². The molecule has 0 atom stereocenters. The lowest BCUT2D eigenvalue weighted by Crippen LogP contribution is -2.42. The molecule has 5 nitrogen and oxygen atoms in total. The predicted octanol–water partition coefficient (Wildman–Crippen LogP) is 1.32. The van der Waals surface area contributed by atoms with Crippen molar-refractivity contribution in [2.75, 3.05) is 20.7 Å². The third-order valence-electron chi connectivity index (χ3n) is 1.95. The van der Waals surface area contributed by atoms with E-state index >= 15 is 0 Å². The second-order valence-electron chi connectivity index (χ2n) is 2.99. The minimum Gasteiger partial charge on any atom is -0.494 e. The Labute approximate surface area is 96.1 Å². The van der Waals surface area contributed by atoms with Gasteiger partial charge >= 0.3 is 0 Å². The van der Waals surface area contributed by atoms with Gasteiger partial charge in [0.2, 0.25) is 0 Å². The molecule has 1 aromatic carbocycles. The first-order valence-corrected chi connectivity index (χ1v) is 5.21. The van der Waals surface area contributed by atoms with Gasteiger partial charge in [-0.15, -0.1) is 0 Å². The van der Waals surface area contributed by atoms with E-state index in [0.717, 1.165) is 11.4 Å². The summed E-state index contributed by atoms with van der Waals surface area (Å²) in [6.07, 6.45) is 1.66. The summed E-state index contributed by atoms with van der Waals surface area (Å²) in [5.74, 6) is 0.862. The normalized spacial score (nSPS) is 10.7. The first-order chi connectivity index (χ1) is 7.80. The molecule has 0 aliphatic carbocycles. The Morgan fingerprint density at radius 2 is 1.88 bits per heavy atom. The Hall–Kier alpha value is -1.59. The van der Waals surface area contributed by atoms with Gasteiger partial charge in [-0.2, -0.15) is 0 Å². The molecule has 1 rings (SSSR count). The van der Waals surface area contributed by atoms with E-state index < -0.39 is 0 Å². The Bertz CT molecular complexity index is 319. The third-order valence-corrected chi connectivity index (χ3v) is 1.95. The number of aliphatic imine (C=N–C) groups is 1. The van der Waals surface area contributed by atoms with Crippen LogP contribution in [0.15, 0.2) is 29.3 Å². The lowest BCUT2D eigenvalue weighted by molar-refractivity contribution is 0.277. The van der Waals surface area contributed by atoms with Gasteiger partial charge in [0.1, 0.15) is 12.1 Å². The quantitative estimate of drug-likeness (QED) is 0.433. The molecule has 0 heterocycles. The van der Waals surface area contributed by atoms with E-state index in [0.29, 0.717) is 6.61 Å². The van der Waals surface area contributed by atoms with Crippen molar-refractivity contribution in [3.05, 3.63) is 24.3 Å². The van der Waals surface area contributed by atoms with Crippen LogP contribution < -0.4 is 15.6 Å². The van der Waals surface area contributed by atoms with Crippen LogP contribution in [0.4, 0.5) is 5.69 Å².